The summed E-state index contributed by atoms with van der Waals surface area (Å²) in [6.07, 6.45) is 0.559. The first-order valence-electron chi connectivity index (χ1n) is 8.78. The van der Waals surface area contributed by atoms with Gasteiger partial charge >= 0.3 is 0 Å². The lowest BCUT2D eigenvalue weighted by molar-refractivity contribution is 0.0442. The summed E-state index contributed by atoms with van der Waals surface area (Å²) >= 11 is 0. The van der Waals surface area contributed by atoms with Gasteiger partial charge in [0.25, 0.3) is 0 Å². The molecule has 2 unspecified atom stereocenters. The number of piperazine rings is 1. The summed E-state index contributed by atoms with van der Waals surface area (Å²) in [5.41, 5.74) is 0. The Kier molecular flexibility index (Phi) is 8.21. The molecule has 2 rings (SSSR count). The number of β-amino-alcohol motifs (C(OH)–C–C–N with tert-alkyl or cyclic N) is 1. The second-order valence-electron chi connectivity index (χ2n) is 6.40. The van der Waals surface area contributed by atoms with E-state index in [2.05, 4.69) is 21.9 Å². The number of ether oxygens (including phenoxy) is 1. The van der Waals surface area contributed by atoms with Crippen molar-refractivity contribution in [3.8, 4) is 17.9 Å². The van der Waals surface area contributed by atoms with E-state index in [4.69, 9.17) is 15.3 Å². The van der Waals surface area contributed by atoms with Gasteiger partial charge in [0.05, 0.1) is 18.1 Å². The highest BCUT2D eigenvalue weighted by molar-refractivity contribution is 5.20. The van der Waals surface area contributed by atoms with Crippen LogP contribution in [0.4, 0.5) is 0 Å². The third-order valence-electron chi connectivity index (χ3n) is 4.39. The number of benzene rings is 1. The lowest BCUT2D eigenvalue weighted by atomic mass is 10.0. The van der Waals surface area contributed by atoms with Crippen LogP contribution in [0.3, 0.4) is 0 Å². The number of nitrogens with zero attached hydrogens (tertiary/aromatic N) is 4. The summed E-state index contributed by atoms with van der Waals surface area (Å²) in [5, 5.41) is 28.0. The first-order valence-corrected chi connectivity index (χ1v) is 8.78. The average Bonchev–Trinajstić information content (AvgIpc) is 2.65. The Bertz CT molecular complexity index is 573. The minimum atomic E-state index is -0.519. The van der Waals surface area contributed by atoms with Crippen LogP contribution in [-0.4, -0.2) is 66.9 Å². The summed E-state index contributed by atoms with van der Waals surface area (Å²) in [4.78, 5) is 4.50. The minimum absolute atomic E-state index is 0.0731. The smallest absolute Gasteiger partial charge is 0.119 e. The molecule has 2 atom stereocenters. The molecule has 0 spiro atoms. The van der Waals surface area contributed by atoms with Crippen molar-refractivity contribution in [2.45, 2.75) is 18.9 Å². The summed E-state index contributed by atoms with van der Waals surface area (Å²) in [6.45, 7) is 5.13. The molecular formula is C19H26N4O2. The molecule has 0 aliphatic carbocycles. The Morgan fingerprint density at radius 2 is 1.68 bits per heavy atom. The van der Waals surface area contributed by atoms with Crippen LogP contribution in [0.1, 0.15) is 12.8 Å². The van der Waals surface area contributed by atoms with Crippen LogP contribution in [0.25, 0.3) is 0 Å². The van der Waals surface area contributed by atoms with E-state index in [9.17, 15) is 5.11 Å². The van der Waals surface area contributed by atoms with E-state index < -0.39 is 6.10 Å². The van der Waals surface area contributed by atoms with Crippen molar-refractivity contribution in [3.05, 3.63) is 30.3 Å². The standard InChI is InChI=1S/C19H26N4O2/c20-8-4-5-17(13-21)14-22-9-11-23(12-10-22)15-18(24)16-25-19-6-2-1-3-7-19/h1-3,6-7,17-18,24H,4-5,9-12,14-16H2. The van der Waals surface area contributed by atoms with Gasteiger partial charge in [-0.2, -0.15) is 10.5 Å². The topological polar surface area (TPSA) is 83.5 Å². The van der Waals surface area contributed by atoms with E-state index in [0.717, 1.165) is 38.5 Å². The van der Waals surface area contributed by atoms with E-state index in [-0.39, 0.29) is 12.5 Å². The first-order chi connectivity index (χ1) is 12.2. The fourth-order valence-electron chi connectivity index (χ4n) is 2.96. The van der Waals surface area contributed by atoms with Crippen LogP contribution < -0.4 is 4.74 Å². The molecule has 1 aliphatic rings. The number of aliphatic hydroxyl groups is 1. The second kappa shape index (κ2) is 10.7. The van der Waals surface area contributed by atoms with Crippen LogP contribution >= 0.6 is 0 Å². The second-order valence-corrected chi connectivity index (χ2v) is 6.40. The number of para-hydroxylation sites is 1. The van der Waals surface area contributed by atoms with Gasteiger partial charge in [-0.3, -0.25) is 9.80 Å². The molecule has 1 aliphatic heterocycles. The fraction of sp³-hybridized carbons (Fsp3) is 0.579. The molecule has 0 bridgehead atoms. The Hall–Kier alpha value is -2.12. The van der Waals surface area contributed by atoms with Gasteiger partial charge in [-0.25, -0.2) is 0 Å². The molecule has 0 radical (unpaired) electrons. The van der Waals surface area contributed by atoms with Gasteiger partial charge in [-0.05, 0) is 18.6 Å². The maximum atomic E-state index is 10.2. The maximum absolute atomic E-state index is 10.2. The third-order valence-corrected chi connectivity index (χ3v) is 4.39. The van der Waals surface area contributed by atoms with Crippen LogP contribution in [0.15, 0.2) is 30.3 Å². The molecular weight excluding hydrogens is 316 g/mol. The largest absolute Gasteiger partial charge is 0.491 e. The normalized spacial score (nSPS) is 18.0. The SMILES string of the molecule is N#CCCC(C#N)CN1CCN(CC(O)COc2ccccc2)CC1. The zero-order valence-corrected chi connectivity index (χ0v) is 14.5. The molecule has 1 aromatic rings. The third kappa shape index (κ3) is 7.11. The van der Waals surface area contributed by atoms with Crippen molar-refractivity contribution >= 4 is 0 Å². The van der Waals surface area contributed by atoms with Gasteiger partial charge < -0.3 is 9.84 Å². The molecule has 1 aromatic carbocycles. The number of nitriles is 2. The highest BCUT2D eigenvalue weighted by atomic mass is 16.5. The lowest BCUT2D eigenvalue weighted by Gasteiger charge is -2.36. The van der Waals surface area contributed by atoms with E-state index in [1.165, 1.54) is 0 Å². The van der Waals surface area contributed by atoms with Gasteiger partial charge in [-0.15, -0.1) is 0 Å². The van der Waals surface area contributed by atoms with Gasteiger partial charge in [0, 0.05) is 45.7 Å². The summed E-state index contributed by atoms with van der Waals surface area (Å²) < 4.78 is 5.59. The van der Waals surface area contributed by atoms with Gasteiger partial charge in [-0.1, -0.05) is 18.2 Å². The molecule has 0 aromatic heterocycles. The predicted octanol–water partition coefficient (Wildman–Crippen LogP) is 1.49. The number of aliphatic hydroxyl groups excluding tert-OH is 1. The van der Waals surface area contributed by atoms with Gasteiger partial charge in [0.15, 0.2) is 0 Å². The minimum Gasteiger partial charge on any atom is -0.491 e. The molecule has 1 saturated heterocycles. The molecule has 0 amide bonds. The van der Waals surface area contributed by atoms with Crippen molar-refractivity contribution < 1.29 is 9.84 Å². The quantitative estimate of drug-likeness (QED) is 0.732. The summed E-state index contributed by atoms with van der Waals surface area (Å²) in [6, 6.07) is 13.9. The van der Waals surface area contributed by atoms with Crippen LogP contribution in [0, 0.1) is 28.6 Å². The zero-order chi connectivity index (χ0) is 17.9. The molecule has 1 heterocycles. The highest BCUT2D eigenvalue weighted by Crippen LogP contribution is 2.12. The van der Waals surface area contributed by atoms with Crippen molar-refractivity contribution in [1.82, 2.24) is 9.80 Å². The maximum Gasteiger partial charge on any atom is 0.119 e. The lowest BCUT2D eigenvalue weighted by Crippen LogP contribution is -2.50. The van der Waals surface area contributed by atoms with Crippen molar-refractivity contribution in [1.29, 1.82) is 10.5 Å². The van der Waals surface area contributed by atoms with Crippen molar-refractivity contribution in [3.63, 3.8) is 0 Å². The Labute approximate surface area is 149 Å². The number of hydrogen-bond acceptors (Lipinski definition) is 6. The molecule has 0 saturated carbocycles. The summed E-state index contributed by atoms with van der Waals surface area (Å²) in [5.74, 6) is 0.697. The molecule has 6 nitrogen and oxygen atoms in total. The van der Waals surface area contributed by atoms with E-state index in [0.29, 0.717) is 19.4 Å². The summed E-state index contributed by atoms with van der Waals surface area (Å²) in [7, 11) is 0. The molecule has 134 valence electrons. The average molecular weight is 342 g/mol. The number of hydrogen-bond donors (Lipinski definition) is 1. The van der Waals surface area contributed by atoms with E-state index in [1.54, 1.807) is 0 Å². The monoisotopic (exact) mass is 342 g/mol. The molecule has 25 heavy (non-hydrogen) atoms. The Balaban J connectivity index is 1.64. The van der Waals surface area contributed by atoms with Gasteiger partial charge in [0.1, 0.15) is 18.5 Å². The van der Waals surface area contributed by atoms with Gasteiger partial charge in [0.2, 0.25) is 0 Å². The molecule has 1 fully saturated rings. The van der Waals surface area contributed by atoms with E-state index >= 15 is 0 Å². The van der Waals surface area contributed by atoms with Crippen molar-refractivity contribution in [2.24, 2.45) is 5.92 Å². The van der Waals surface area contributed by atoms with Crippen LogP contribution in [-0.2, 0) is 0 Å². The van der Waals surface area contributed by atoms with E-state index in [1.807, 2.05) is 30.3 Å². The van der Waals surface area contributed by atoms with Crippen LogP contribution in [0.5, 0.6) is 5.75 Å². The highest BCUT2D eigenvalue weighted by Gasteiger charge is 2.21. The first kappa shape index (κ1) is 19.2. The Morgan fingerprint density at radius 3 is 2.28 bits per heavy atom. The Morgan fingerprint density at radius 1 is 1.04 bits per heavy atom. The number of rotatable bonds is 9. The fourth-order valence-corrected chi connectivity index (χ4v) is 2.96. The van der Waals surface area contributed by atoms with Crippen molar-refractivity contribution in [2.75, 3.05) is 45.9 Å². The predicted molar refractivity (Wildman–Crippen MR) is 94.8 cm³/mol. The molecule has 6 heteroatoms. The van der Waals surface area contributed by atoms with Crippen LogP contribution in [0.2, 0.25) is 0 Å². The zero-order valence-electron chi connectivity index (χ0n) is 14.5. The molecule has 1 N–H and O–H groups in total.